The van der Waals surface area contributed by atoms with E-state index < -0.39 is 11.9 Å². The van der Waals surface area contributed by atoms with Crippen LogP contribution in [0.5, 0.6) is 5.75 Å². The zero-order chi connectivity index (χ0) is 20.6. The lowest BCUT2D eigenvalue weighted by Crippen LogP contribution is -2.11. The van der Waals surface area contributed by atoms with E-state index in [0.29, 0.717) is 6.42 Å². The van der Waals surface area contributed by atoms with Gasteiger partial charge in [0.25, 0.3) is 0 Å². The monoisotopic (exact) mass is 390 g/mol. The fraction of sp³-hybridized carbons (Fsp3) is 0.720. The van der Waals surface area contributed by atoms with Gasteiger partial charge in [0.1, 0.15) is 5.75 Å². The molecule has 1 aromatic rings. The van der Waals surface area contributed by atoms with Crippen LogP contribution in [0.2, 0.25) is 0 Å². The van der Waals surface area contributed by atoms with E-state index in [0.717, 1.165) is 24.0 Å². The topological polar surface area (TPSA) is 57.5 Å². The standard InChI is InChI=1S/C25H42O3/c1-3-4-5-6-7-8-9-10-11-12-13-14-15-16-17-23(25(27)28)22-18-19-24(26)21(2)20-22/h18-20,23,26H,3-17H2,1-2H3,(H,27,28). The fourth-order valence-electron chi connectivity index (χ4n) is 3.87. The lowest BCUT2D eigenvalue weighted by atomic mass is 9.91. The molecule has 0 aromatic heterocycles. The average Bonchev–Trinajstić information content (AvgIpc) is 2.67. The molecule has 0 heterocycles. The zero-order valence-corrected chi connectivity index (χ0v) is 18.2. The predicted molar refractivity (Wildman–Crippen MR) is 118 cm³/mol. The van der Waals surface area contributed by atoms with E-state index >= 15 is 0 Å². The van der Waals surface area contributed by atoms with Gasteiger partial charge in [-0.25, -0.2) is 0 Å². The molecule has 1 rings (SSSR count). The summed E-state index contributed by atoms with van der Waals surface area (Å²) in [5.41, 5.74) is 1.54. The van der Waals surface area contributed by atoms with Crippen molar-refractivity contribution in [3.8, 4) is 5.75 Å². The number of carboxylic acid groups (broad SMARTS) is 1. The summed E-state index contributed by atoms with van der Waals surface area (Å²) in [6.45, 7) is 4.07. The van der Waals surface area contributed by atoms with Crippen LogP contribution < -0.4 is 0 Å². The largest absolute Gasteiger partial charge is 0.508 e. The highest BCUT2D eigenvalue weighted by molar-refractivity contribution is 5.76. The highest BCUT2D eigenvalue weighted by Crippen LogP contribution is 2.27. The number of carbonyl (C=O) groups is 1. The maximum absolute atomic E-state index is 11.6. The predicted octanol–water partition coefficient (Wildman–Crippen LogP) is 7.74. The summed E-state index contributed by atoms with van der Waals surface area (Å²) in [5.74, 6) is -0.999. The van der Waals surface area contributed by atoms with Crippen LogP contribution >= 0.6 is 0 Å². The van der Waals surface area contributed by atoms with Crippen LogP contribution in [0.25, 0.3) is 0 Å². The second-order valence-electron chi connectivity index (χ2n) is 8.32. The number of carboxylic acids is 1. The summed E-state index contributed by atoms with van der Waals surface area (Å²) in [6, 6.07) is 5.15. The highest BCUT2D eigenvalue weighted by atomic mass is 16.4. The molecule has 0 bridgehead atoms. The molecule has 28 heavy (non-hydrogen) atoms. The Kier molecular flexibility index (Phi) is 13.5. The molecule has 0 aliphatic rings. The van der Waals surface area contributed by atoms with Crippen molar-refractivity contribution in [3.05, 3.63) is 29.3 Å². The van der Waals surface area contributed by atoms with Gasteiger partial charge in [-0.2, -0.15) is 0 Å². The maximum atomic E-state index is 11.6. The minimum atomic E-state index is -0.764. The Morgan fingerprint density at radius 3 is 1.71 bits per heavy atom. The summed E-state index contributed by atoms with van der Waals surface area (Å²) in [7, 11) is 0. The maximum Gasteiger partial charge on any atom is 0.310 e. The Labute approximate surface area is 172 Å². The molecule has 0 radical (unpaired) electrons. The highest BCUT2D eigenvalue weighted by Gasteiger charge is 2.19. The number of aryl methyl sites for hydroxylation is 1. The quantitative estimate of drug-likeness (QED) is 0.267. The normalized spacial score (nSPS) is 12.2. The number of phenolic OH excluding ortho intramolecular Hbond substituents is 1. The first-order valence-electron chi connectivity index (χ1n) is 11.6. The van der Waals surface area contributed by atoms with E-state index in [1.165, 1.54) is 77.0 Å². The van der Waals surface area contributed by atoms with Gasteiger partial charge >= 0.3 is 5.97 Å². The number of hydrogen-bond acceptors (Lipinski definition) is 2. The third-order valence-corrected chi connectivity index (χ3v) is 5.77. The van der Waals surface area contributed by atoms with Crippen LogP contribution in [-0.2, 0) is 4.79 Å². The molecule has 0 saturated heterocycles. The van der Waals surface area contributed by atoms with Crippen molar-refractivity contribution in [2.24, 2.45) is 0 Å². The Balaban J connectivity index is 2.05. The number of rotatable bonds is 17. The Morgan fingerprint density at radius 2 is 1.29 bits per heavy atom. The van der Waals surface area contributed by atoms with Gasteiger partial charge in [0, 0.05) is 0 Å². The van der Waals surface area contributed by atoms with Crippen LogP contribution in [0.3, 0.4) is 0 Å². The fourth-order valence-corrected chi connectivity index (χ4v) is 3.87. The van der Waals surface area contributed by atoms with Crippen LogP contribution in [0.15, 0.2) is 18.2 Å². The first kappa shape index (κ1) is 24.5. The van der Waals surface area contributed by atoms with Crippen LogP contribution in [0, 0.1) is 6.92 Å². The van der Waals surface area contributed by atoms with Gasteiger partial charge in [-0.15, -0.1) is 0 Å². The van der Waals surface area contributed by atoms with Gasteiger partial charge < -0.3 is 10.2 Å². The van der Waals surface area contributed by atoms with Gasteiger partial charge in [-0.1, -0.05) is 109 Å². The third-order valence-electron chi connectivity index (χ3n) is 5.77. The zero-order valence-electron chi connectivity index (χ0n) is 18.2. The van der Waals surface area contributed by atoms with Gasteiger partial charge in [0.05, 0.1) is 5.92 Å². The van der Waals surface area contributed by atoms with Crippen molar-refractivity contribution in [1.82, 2.24) is 0 Å². The number of aromatic hydroxyl groups is 1. The van der Waals surface area contributed by atoms with Gasteiger partial charge in [0.15, 0.2) is 0 Å². The van der Waals surface area contributed by atoms with Crippen molar-refractivity contribution < 1.29 is 15.0 Å². The van der Waals surface area contributed by atoms with Gasteiger partial charge in [-0.05, 0) is 30.5 Å². The molecule has 3 nitrogen and oxygen atoms in total. The molecule has 1 unspecified atom stereocenters. The van der Waals surface area contributed by atoms with Gasteiger partial charge in [0.2, 0.25) is 0 Å². The van der Waals surface area contributed by atoms with E-state index in [1.54, 1.807) is 18.2 Å². The molecule has 2 N–H and O–H groups in total. The van der Waals surface area contributed by atoms with E-state index in [4.69, 9.17) is 0 Å². The van der Waals surface area contributed by atoms with E-state index in [2.05, 4.69) is 6.92 Å². The number of benzene rings is 1. The molecule has 0 aliphatic carbocycles. The molecule has 160 valence electrons. The minimum absolute atomic E-state index is 0.226. The molecular weight excluding hydrogens is 348 g/mol. The van der Waals surface area contributed by atoms with Crippen molar-refractivity contribution in [3.63, 3.8) is 0 Å². The molecule has 0 fully saturated rings. The first-order valence-corrected chi connectivity index (χ1v) is 11.6. The third kappa shape index (κ3) is 10.7. The van der Waals surface area contributed by atoms with Gasteiger partial charge in [-0.3, -0.25) is 4.79 Å². The SMILES string of the molecule is CCCCCCCCCCCCCCCCC(C(=O)O)c1ccc(O)c(C)c1. The Morgan fingerprint density at radius 1 is 0.821 bits per heavy atom. The van der Waals surface area contributed by atoms with Crippen molar-refractivity contribution in [1.29, 1.82) is 0 Å². The lowest BCUT2D eigenvalue weighted by molar-refractivity contribution is -0.139. The van der Waals surface area contributed by atoms with Crippen LogP contribution in [0.1, 0.15) is 120 Å². The second-order valence-corrected chi connectivity index (χ2v) is 8.32. The summed E-state index contributed by atoms with van der Waals surface area (Å²) >= 11 is 0. The van der Waals surface area contributed by atoms with Crippen LogP contribution in [0.4, 0.5) is 0 Å². The Hall–Kier alpha value is -1.51. The number of aliphatic carboxylic acids is 1. The molecule has 0 aliphatic heterocycles. The molecule has 1 atom stereocenters. The van der Waals surface area contributed by atoms with Crippen molar-refractivity contribution in [2.45, 2.75) is 116 Å². The molecular formula is C25H42O3. The number of hydrogen-bond donors (Lipinski definition) is 2. The van der Waals surface area contributed by atoms with E-state index in [1.807, 2.05) is 6.92 Å². The van der Waals surface area contributed by atoms with Crippen molar-refractivity contribution >= 4 is 5.97 Å². The Bertz CT molecular complexity index is 539. The summed E-state index contributed by atoms with van der Waals surface area (Å²) < 4.78 is 0. The summed E-state index contributed by atoms with van der Waals surface area (Å²) in [4.78, 5) is 11.6. The number of unbranched alkanes of at least 4 members (excludes halogenated alkanes) is 13. The average molecular weight is 391 g/mol. The van der Waals surface area contributed by atoms with E-state index in [9.17, 15) is 15.0 Å². The van der Waals surface area contributed by atoms with Crippen LogP contribution in [-0.4, -0.2) is 16.2 Å². The molecule has 1 aromatic carbocycles. The van der Waals surface area contributed by atoms with Crippen molar-refractivity contribution in [2.75, 3.05) is 0 Å². The lowest BCUT2D eigenvalue weighted by Gasteiger charge is -2.14. The smallest absolute Gasteiger partial charge is 0.310 e. The first-order chi connectivity index (χ1) is 13.6. The second kappa shape index (κ2) is 15.4. The molecule has 3 heteroatoms. The minimum Gasteiger partial charge on any atom is -0.508 e. The molecule has 0 spiro atoms. The summed E-state index contributed by atoms with van der Waals surface area (Å²) in [6.07, 6.45) is 19.0. The molecule has 0 amide bonds. The number of phenols is 1. The summed E-state index contributed by atoms with van der Waals surface area (Å²) in [5, 5.41) is 19.2. The van der Waals surface area contributed by atoms with E-state index in [-0.39, 0.29) is 5.75 Å². The molecule has 0 saturated carbocycles.